The average Bonchev–Trinajstić information content (AvgIpc) is 2.57. The molecule has 0 atom stereocenters. The smallest absolute Gasteiger partial charge is 0.343 e. The number of carbonyl (C=O) groups is 1. The number of esters is 1. The van der Waals surface area contributed by atoms with Crippen LogP contribution in [0.1, 0.15) is 15.9 Å². The molecule has 0 radical (unpaired) electrons. The third-order valence-corrected chi connectivity index (χ3v) is 3.65. The summed E-state index contributed by atoms with van der Waals surface area (Å²) < 4.78 is 11.3. The lowest BCUT2D eigenvalue weighted by molar-refractivity contribution is 0.0729. The molecule has 0 heterocycles. The number of thiocarbonyl (C=S) groups is 1. The molecule has 0 unspecified atom stereocenters. The Morgan fingerprint density at radius 3 is 2.62 bits per heavy atom. The largest absolute Gasteiger partial charge is 0.493 e. The van der Waals surface area contributed by atoms with Gasteiger partial charge in [0.1, 0.15) is 0 Å². The van der Waals surface area contributed by atoms with Gasteiger partial charge in [-0.05, 0) is 52.4 Å². The van der Waals surface area contributed by atoms with E-state index in [2.05, 4.69) is 38.7 Å². The van der Waals surface area contributed by atoms with Crippen molar-refractivity contribution in [3.8, 4) is 11.5 Å². The fourth-order valence-corrected chi connectivity index (χ4v) is 2.26. The van der Waals surface area contributed by atoms with E-state index in [4.69, 9.17) is 15.2 Å². The van der Waals surface area contributed by atoms with Gasteiger partial charge in [0, 0.05) is 10.0 Å². The summed E-state index contributed by atoms with van der Waals surface area (Å²) in [6.45, 7) is 0. The zero-order valence-corrected chi connectivity index (χ0v) is 15.1. The van der Waals surface area contributed by atoms with Gasteiger partial charge in [0.2, 0.25) is 0 Å². The van der Waals surface area contributed by atoms with E-state index < -0.39 is 5.97 Å². The van der Waals surface area contributed by atoms with Crippen LogP contribution in [0.5, 0.6) is 11.5 Å². The molecule has 24 heavy (non-hydrogen) atoms. The highest BCUT2D eigenvalue weighted by atomic mass is 79.9. The molecule has 0 saturated heterocycles. The molecule has 0 saturated carbocycles. The molecule has 2 aromatic carbocycles. The SMILES string of the molecule is COc1cc(C=NNC(N)=S)c(Br)cc1OC(=O)c1ccccc1. The van der Waals surface area contributed by atoms with Crippen molar-refractivity contribution in [1.29, 1.82) is 0 Å². The first-order valence-electron chi connectivity index (χ1n) is 6.74. The van der Waals surface area contributed by atoms with Gasteiger partial charge in [-0.1, -0.05) is 18.2 Å². The third-order valence-electron chi connectivity index (χ3n) is 2.87. The van der Waals surface area contributed by atoms with Crippen LogP contribution in [0.4, 0.5) is 0 Å². The lowest BCUT2D eigenvalue weighted by Gasteiger charge is -2.11. The Labute approximate surface area is 152 Å². The third kappa shape index (κ3) is 4.77. The molecule has 2 aromatic rings. The molecule has 2 rings (SSSR count). The van der Waals surface area contributed by atoms with Crippen molar-refractivity contribution in [3.05, 3.63) is 58.1 Å². The van der Waals surface area contributed by atoms with Gasteiger partial charge in [-0.25, -0.2) is 4.79 Å². The van der Waals surface area contributed by atoms with Crippen LogP contribution in [0.3, 0.4) is 0 Å². The highest BCUT2D eigenvalue weighted by molar-refractivity contribution is 9.10. The van der Waals surface area contributed by atoms with Crippen LogP contribution in [0, 0.1) is 0 Å². The van der Waals surface area contributed by atoms with E-state index in [0.29, 0.717) is 21.3 Å². The van der Waals surface area contributed by atoms with E-state index in [-0.39, 0.29) is 10.9 Å². The molecule has 0 aromatic heterocycles. The number of methoxy groups -OCH3 is 1. The molecule has 8 heteroatoms. The number of rotatable bonds is 5. The summed E-state index contributed by atoms with van der Waals surface area (Å²) in [5, 5.41) is 3.94. The van der Waals surface area contributed by atoms with Crippen molar-refractivity contribution in [2.45, 2.75) is 0 Å². The maximum atomic E-state index is 12.2. The lowest BCUT2D eigenvalue weighted by atomic mass is 10.2. The summed E-state index contributed by atoms with van der Waals surface area (Å²) in [7, 11) is 1.48. The van der Waals surface area contributed by atoms with Crippen LogP contribution in [0.2, 0.25) is 0 Å². The molecule has 0 bridgehead atoms. The molecule has 124 valence electrons. The molecular formula is C16H14BrN3O3S. The predicted molar refractivity (Wildman–Crippen MR) is 99.6 cm³/mol. The molecule has 0 aliphatic heterocycles. The molecule has 0 aliphatic carbocycles. The zero-order chi connectivity index (χ0) is 17.5. The van der Waals surface area contributed by atoms with E-state index in [0.717, 1.165) is 0 Å². The second-order valence-corrected chi connectivity index (χ2v) is 5.81. The molecule has 3 N–H and O–H groups in total. The Hall–Kier alpha value is -2.45. The summed E-state index contributed by atoms with van der Waals surface area (Å²) >= 11 is 8.06. The van der Waals surface area contributed by atoms with Crippen LogP contribution < -0.4 is 20.6 Å². The Morgan fingerprint density at radius 1 is 1.29 bits per heavy atom. The number of halogens is 1. The summed E-state index contributed by atoms with van der Waals surface area (Å²) in [5.41, 5.74) is 8.89. The van der Waals surface area contributed by atoms with Gasteiger partial charge < -0.3 is 15.2 Å². The number of benzene rings is 2. The predicted octanol–water partition coefficient (Wildman–Crippen LogP) is 2.84. The van der Waals surface area contributed by atoms with Crippen molar-refractivity contribution < 1.29 is 14.3 Å². The monoisotopic (exact) mass is 407 g/mol. The Morgan fingerprint density at radius 2 is 2.00 bits per heavy atom. The maximum Gasteiger partial charge on any atom is 0.343 e. The molecule has 0 spiro atoms. The van der Waals surface area contributed by atoms with Gasteiger partial charge in [0.25, 0.3) is 0 Å². The van der Waals surface area contributed by atoms with E-state index in [1.54, 1.807) is 36.4 Å². The number of nitrogens with one attached hydrogen (secondary N) is 1. The molecule has 0 fully saturated rings. The van der Waals surface area contributed by atoms with Crippen molar-refractivity contribution in [2.75, 3.05) is 7.11 Å². The first-order valence-corrected chi connectivity index (χ1v) is 7.94. The number of nitrogens with zero attached hydrogens (tertiary/aromatic N) is 1. The minimum atomic E-state index is -0.475. The summed E-state index contributed by atoms with van der Waals surface area (Å²) in [6.07, 6.45) is 1.51. The number of hydrazone groups is 1. The van der Waals surface area contributed by atoms with Crippen LogP contribution in [0.25, 0.3) is 0 Å². The van der Waals surface area contributed by atoms with Gasteiger partial charge in [0.15, 0.2) is 16.6 Å². The number of carbonyl (C=O) groups excluding carboxylic acids is 1. The maximum absolute atomic E-state index is 12.2. The van der Waals surface area contributed by atoms with Crippen LogP contribution in [-0.4, -0.2) is 24.4 Å². The number of hydrogen-bond donors (Lipinski definition) is 2. The minimum Gasteiger partial charge on any atom is -0.493 e. The second kappa shape index (κ2) is 8.42. The van der Waals surface area contributed by atoms with Crippen molar-refractivity contribution >= 4 is 45.4 Å². The van der Waals surface area contributed by atoms with E-state index in [9.17, 15) is 4.79 Å². The number of ether oxygens (including phenoxy) is 2. The van der Waals surface area contributed by atoms with Crippen LogP contribution in [0.15, 0.2) is 52.0 Å². The van der Waals surface area contributed by atoms with Gasteiger partial charge in [0.05, 0.1) is 18.9 Å². The van der Waals surface area contributed by atoms with Crippen LogP contribution >= 0.6 is 28.1 Å². The summed E-state index contributed by atoms with van der Waals surface area (Å²) in [6, 6.07) is 12.0. The van der Waals surface area contributed by atoms with Gasteiger partial charge in [-0.15, -0.1) is 0 Å². The van der Waals surface area contributed by atoms with Gasteiger partial charge in [-0.3, -0.25) is 5.43 Å². The van der Waals surface area contributed by atoms with Crippen molar-refractivity contribution in [2.24, 2.45) is 10.8 Å². The Kier molecular flexibility index (Phi) is 6.28. The first-order chi connectivity index (χ1) is 11.5. The molecule has 0 amide bonds. The lowest BCUT2D eigenvalue weighted by Crippen LogP contribution is -2.24. The fourth-order valence-electron chi connectivity index (χ4n) is 1.79. The van der Waals surface area contributed by atoms with Crippen LogP contribution in [-0.2, 0) is 0 Å². The fraction of sp³-hybridized carbons (Fsp3) is 0.0625. The summed E-state index contributed by atoms with van der Waals surface area (Å²) in [5.74, 6) is 0.203. The summed E-state index contributed by atoms with van der Waals surface area (Å²) in [4.78, 5) is 12.2. The van der Waals surface area contributed by atoms with E-state index in [1.807, 2.05) is 6.07 Å². The van der Waals surface area contributed by atoms with E-state index in [1.165, 1.54) is 13.3 Å². The van der Waals surface area contributed by atoms with Gasteiger partial charge >= 0.3 is 5.97 Å². The topological polar surface area (TPSA) is 85.9 Å². The van der Waals surface area contributed by atoms with E-state index >= 15 is 0 Å². The minimum absolute atomic E-state index is 0.0581. The normalized spacial score (nSPS) is 10.4. The zero-order valence-electron chi connectivity index (χ0n) is 12.7. The first kappa shape index (κ1) is 17.9. The average molecular weight is 408 g/mol. The quantitative estimate of drug-likeness (QED) is 0.260. The van der Waals surface area contributed by atoms with Crippen molar-refractivity contribution in [3.63, 3.8) is 0 Å². The Balaban J connectivity index is 2.24. The second-order valence-electron chi connectivity index (χ2n) is 4.51. The van der Waals surface area contributed by atoms with Crippen molar-refractivity contribution in [1.82, 2.24) is 5.43 Å². The standard InChI is InChI=1S/C16H14BrN3O3S/c1-22-13-7-11(9-19-20-16(18)24)12(17)8-14(13)23-15(21)10-5-3-2-4-6-10/h2-9H,1H3,(H3,18,20,24). The number of hydrogen-bond acceptors (Lipinski definition) is 5. The molecule has 6 nitrogen and oxygen atoms in total. The molecular weight excluding hydrogens is 394 g/mol. The number of nitrogens with two attached hydrogens (primary N) is 1. The highest BCUT2D eigenvalue weighted by Gasteiger charge is 2.14. The Bertz CT molecular complexity index is 782. The highest BCUT2D eigenvalue weighted by Crippen LogP contribution is 2.33. The molecule has 0 aliphatic rings. The van der Waals surface area contributed by atoms with Gasteiger partial charge in [-0.2, -0.15) is 5.10 Å².